The Morgan fingerprint density at radius 3 is 2.31 bits per heavy atom. The third-order valence-electron chi connectivity index (χ3n) is 2.34. The van der Waals surface area contributed by atoms with Crippen LogP contribution in [0, 0.1) is 0 Å². The molecule has 0 spiro atoms. The molecule has 0 aliphatic carbocycles. The van der Waals surface area contributed by atoms with E-state index in [9.17, 15) is 0 Å². The molecule has 0 amide bonds. The van der Waals surface area contributed by atoms with Crippen LogP contribution in [0.1, 0.15) is 47.5 Å². The van der Waals surface area contributed by atoms with E-state index in [4.69, 9.17) is 0 Å². The van der Waals surface area contributed by atoms with Crippen molar-refractivity contribution in [2.75, 3.05) is 6.54 Å². The molecule has 0 fully saturated rings. The number of hydrogen-bond donors (Lipinski definition) is 0. The van der Waals surface area contributed by atoms with E-state index in [1.807, 2.05) is 6.92 Å². The number of aliphatic imine (C=N–C) groups is 1. The van der Waals surface area contributed by atoms with E-state index in [-0.39, 0.29) is 0 Å². The van der Waals surface area contributed by atoms with Gasteiger partial charge in [0.2, 0.25) is 0 Å². The van der Waals surface area contributed by atoms with Crippen molar-refractivity contribution in [2.24, 2.45) is 4.99 Å². The molecule has 1 heteroatoms. The van der Waals surface area contributed by atoms with E-state index >= 15 is 0 Å². The summed E-state index contributed by atoms with van der Waals surface area (Å²) in [6, 6.07) is 0. The molecule has 0 N–H and O–H groups in total. The molecule has 0 heterocycles. The van der Waals surface area contributed by atoms with Gasteiger partial charge in [0, 0.05) is 6.54 Å². The Morgan fingerprint density at radius 2 is 1.88 bits per heavy atom. The van der Waals surface area contributed by atoms with Gasteiger partial charge in [-0.25, -0.2) is 0 Å². The monoisotopic (exact) mass is 219 g/mol. The fraction of sp³-hybridized carbons (Fsp3) is 0.533. The van der Waals surface area contributed by atoms with Gasteiger partial charge in [-0.1, -0.05) is 37.6 Å². The van der Waals surface area contributed by atoms with E-state index in [2.05, 4.69) is 57.0 Å². The molecule has 0 unspecified atom stereocenters. The van der Waals surface area contributed by atoms with E-state index in [1.165, 1.54) is 11.1 Å². The molecule has 90 valence electrons. The lowest BCUT2D eigenvalue weighted by Gasteiger charge is -2.05. The van der Waals surface area contributed by atoms with Crippen LogP contribution in [0.3, 0.4) is 0 Å². The molecule has 0 aliphatic heterocycles. The zero-order valence-corrected chi connectivity index (χ0v) is 11.4. The lowest BCUT2D eigenvalue weighted by atomic mass is 10.0. The maximum Gasteiger partial charge on any atom is 0.0642 e. The number of allylic oxidation sites excluding steroid dienone is 6. The first-order valence-electron chi connectivity index (χ1n) is 6.24. The standard InChI is InChI=1S/C15H25N/c1-6-10-14(11-7-2)15(16-9-4)12-13(5)8-3/h6,10-12H,7-9H2,1-5H3/b10-6-,13-12-,14-11+,16-15?. The Labute approximate surface area is 101 Å². The second-order valence-corrected chi connectivity index (χ2v) is 3.77. The SMILES string of the molecule is C/C=C\C(=C/CC)C(/C=C(/C)CC)=NCC. The highest BCUT2D eigenvalue weighted by atomic mass is 14.7. The van der Waals surface area contributed by atoms with Crippen LogP contribution >= 0.6 is 0 Å². The van der Waals surface area contributed by atoms with Gasteiger partial charge in [0.05, 0.1) is 5.71 Å². The van der Waals surface area contributed by atoms with E-state index < -0.39 is 0 Å². The van der Waals surface area contributed by atoms with Gasteiger partial charge in [-0.05, 0) is 45.3 Å². The summed E-state index contributed by atoms with van der Waals surface area (Å²) < 4.78 is 0. The lowest BCUT2D eigenvalue weighted by Crippen LogP contribution is -1.99. The maximum absolute atomic E-state index is 4.57. The molecule has 0 bridgehead atoms. The average molecular weight is 219 g/mol. The number of rotatable bonds is 6. The first kappa shape index (κ1) is 14.9. The summed E-state index contributed by atoms with van der Waals surface area (Å²) >= 11 is 0. The predicted octanol–water partition coefficient (Wildman–Crippen LogP) is 4.72. The Kier molecular flexibility index (Phi) is 8.51. The van der Waals surface area contributed by atoms with Crippen LogP contribution < -0.4 is 0 Å². The minimum Gasteiger partial charge on any atom is -0.285 e. The average Bonchev–Trinajstić information content (AvgIpc) is 2.28. The van der Waals surface area contributed by atoms with Crippen LogP contribution in [0.5, 0.6) is 0 Å². The molecule has 0 saturated carbocycles. The predicted molar refractivity (Wildman–Crippen MR) is 75.2 cm³/mol. The van der Waals surface area contributed by atoms with Crippen LogP contribution in [0.15, 0.2) is 40.4 Å². The number of hydrogen-bond acceptors (Lipinski definition) is 1. The summed E-state index contributed by atoms with van der Waals surface area (Å²) in [5.74, 6) is 0. The third kappa shape index (κ3) is 5.69. The van der Waals surface area contributed by atoms with Crippen molar-refractivity contribution in [3.63, 3.8) is 0 Å². The molecule has 0 aromatic heterocycles. The second kappa shape index (κ2) is 9.14. The van der Waals surface area contributed by atoms with Crippen molar-refractivity contribution in [3.05, 3.63) is 35.5 Å². The van der Waals surface area contributed by atoms with E-state index in [0.29, 0.717) is 0 Å². The molecule has 0 aromatic carbocycles. The zero-order valence-electron chi connectivity index (χ0n) is 11.4. The van der Waals surface area contributed by atoms with Crippen molar-refractivity contribution in [1.29, 1.82) is 0 Å². The maximum atomic E-state index is 4.57. The lowest BCUT2D eigenvalue weighted by molar-refractivity contribution is 1.09. The Balaban J connectivity index is 5.17. The van der Waals surface area contributed by atoms with Crippen molar-refractivity contribution in [3.8, 4) is 0 Å². The van der Waals surface area contributed by atoms with Gasteiger partial charge in [0.15, 0.2) is 0 Å². The van der Waals surface area contributed by atoms with Gasteiger partial charge < -0.3 is 0 Å². The summed E-state index contributed by atoms with van der Waals surface area (Å²) in [6.45, 7) is 11.4. The van der Waals surface area contributed by atoms with Gasteiger partial charge in [0.25, 0.3) is 0 Å². The highest BCUT2D eigenvalue weighted by Gasteiger charge is 2.00. The zero-order chi connectivity index (χ0) is 12.4. The smallest absolute Gasteiger partial charge is 0.0642 e. The normalized spacial score (nSPS) is 14.9. The Hall–Kier alpha value is -1.11. The van der Waals surface area contributed by atoms with Crippen molar-refractivity contribution >= 4 is 5.71 Å². The van der Waals surface area contributed by atoms with Crippen LogP contribution in [-0.2, 0) is 0 Å². The topological polar surface area (TPSA) is 12.4 Å². The van der Waals surface area contributed by atoms with Gasteiger partial charge in [-0.15, -0.1) is 0 Å². The molecule has 0 aromatic rings. The second-order valence-electron chi connectivity index (χ2n) is 3.77. The summed E-state index contributed by atoms with van der Waals surface area (Å²) in [5.41, 5.74) is 3.72. The van der Waals surface area contributed by atoms with Crippen molar-refractivity contribution in [2.45, 2.75) is 47.5 Å². The van der Waals surface area contributed by atoms with Crippen molar-refractivity contribution in [1.82, 2.24) is 0 Å². The summed E-state index contributed by atoms with van der Waals surface area (Å²) in [7, 11) is 0. The first-order valence-corrected chi connectivity index (χ1v) is 6.24. The molecule has 0 radical (unpaired) electrons. The molecule has 0 saturated heterocycles. The quantitative estimate of drug-likeness (QED) is 0.453. The fourth-order valence-electron chi connectivity index (χ4n) is 1.38. The highest BCUT2D eigenvalue weighted by Crippen LogP contribution is 2.09. The minimum atomic E-state index is 0.835. The van der Waals surface area contributed by atoms with Crippen LogP contribution in [-0.4, -0.2) is 12.3 Å². The molecule has 0 atom stereocenters. The highest BCUT2D eigenvalue weighted by molar-refractivity contribution is 6.10. The van der Waals surface area contributed by atoms with Gasteiger partial charge >= 0.3 is 0 Å². The van der Waals surface area contributed by atoms with Gasteiger partial charge in [-0.2, -0.15) is 0 Å². The van der Waals surface area contributed by atoms with Crippen LogP contribution in [0.4, 0.5) is 0 Å². The summed E-state index contributed by atoms with van der Waals surface area (Å²) in [5, 5.41) is 0. The Morgan fingerprint density at radius 1 is 1.19 bits per heavy atom. The van der Waals surface area contributed by atoms with Gasteiger partial charge in [0.1, 0.15) is 0 Å². The third-order valence-corrected chi connectivity index (χ3v) is 2.34. The largest absolute Gasteiger partial charge is 0.285 e. The summed E-state index contributed by atoms with van der Waals surface area (Å²) in [6.07, 6.45) is 10.8. The van der Waals surface area contributed by atoms with E-state index in [0.717, 1.165) is 25.1 Å². The first-order chi connectivity index (χ1) is 7.69. The molecule has 0 rings (SSSR count). The summed E-state index contributed by atoms with van der Waals surface area (Å²) in [4.78, 5) is 4.57. The van der Waals surface area contributed by atoms with E-state index in [1.54, 1.807) is 0 Å². The molecular weight excluding hydrogens is 194 g/mol. The van der Waals surface area contributed by atoms with Gasteiger partial charge in [-0.3, -0.25) is 4.99 Å². The van der Waals surface area contributed by atoms with Crippen molar-refractivity contribution < 1.29 is 0 Å². The fourth-order valence-corrected chi connectivity index (χ4v) is 1.38. The van der Waals surface area contributed by atoms with Crippen LogP contribution in [0.2, 0.25) is 0 Å². The minimum absolute atomic E-state index is 0.835. The molecular formula is C15H25N. The molecule has 1 nitrogen and oxygen atoms in total. The molecule has 0 aliphatic rings. The Bertz CT molecular complexity index is 303. The van der Waals surface area contributed by atoms with Crippen LogP contribution in [0.25, 0.3) is 0 Å². The number of nitrogens with zero attached hydrogens (tertiary/aromatic N) is 1. The molecule has 16 heavy (non-hydrogen) atoms.